The maximum absolute atomic E-state index is 12.0. The fourth-order valence-electron chi connectivity index (χ4n) is 1.71. The number of aryl methyl sites for hydroxylation is 1. The van der Waals surface area contributed by atoms with Gasteiger partial charge in [-0.1, -0.05) is 0 Å². The highest BCUT2D eigenvalue weighted by atomic mass is 16.6. The molecule has 2 aromatic heterocycles. The van der Waals surface area contributed by atoms with Gasteiger partial charge in [0.2, 0.25) is 0 Å². The Morgan fingerprint density at radius 3 is 2.76 bits per heavy atom. The van der Waals surface area contributed by atoms with E-state index in [2.05, 4.69) is 4.98 Å². The zero-order valence-electron chi connectivity index (χ0n) is 10.5. The fraction of sp³-hybridized carbons (Fsp3) is 0.385. The average molecular weight is 232 g/mol. The molecule has 0 aliphatic rings. The minimum absolute atomic E-state index is 0.309. The highest BCUT2D eigenvalue weighted by molar-refractivity contribution is 6.03. The van der Waals surface area contributed by atoms with Crippen molar-refractivity contribution in [2.75, 3.05) is 0 Å². The Morgan fingerprint density at radius 1 is 1.41 bits per heavy atom. The number of aromatic nitrogens is 2. The number of esters is 1. The van der Waals surface area contributed by atoms with Gasteiger partial charge in [-0.25, -0.2) is 9.78 Å². The van der Waals surface area contributed by atoms with Gasteiger partial charge in [-0.2, -0.15) is 0 Å². The van der Waals surface area contributed by atoms with Gasteiger partial charge in [-0.05, 0) is 32.9 Å². The normalized spacial score (nSPS) is 11.8. The molecule has 4 nitrogen and oxygen atoms in total. The molecular formula is C13H16N2O2. The molecule has 0 aliphatic carbocycles. The number of nitrogens with zero attached hydrogens (tertiary/aromatic N) is 2. The molecule has 0 spiro atoms. The highest BCUT2D eigenvalue weighted by Gasteiger charge is 2.21. The number of carbonyl (C=O) groups excluding carboxylic acids is 1. The zero-order valence-corrected chi connectivity index (χ0v) is 10.5. The number of fused-ring (bicyclic) bond motifs is 1. The van der Waals surface area contributed by atoms with Gasteiger partial charge >= 0.3 is 5.97 Å². The molecule has 0 unspecified atom stereocenters. The molecule has 0 aliphatic heterocycles. The molecule has 4 heteroatoms. The summed E-state index contributed by atoms with van der Waals surface area (Å²) in [6, 6.07) is 3.69. The minimum Gasteiger partial charge on any atom is -0.456 e. The van der Waals surface area contributed by atoms with Gasteiger partial charge < -0.3 is 9.30 Å². The standard InChI is InChI=1S/C13H16N2O2/c1-13(2,3)17-12(16)10-8-15(4)11-9(10)6-5-7-14-11/h5-8H,1-4H3. The van der Waals surface area contributed by atoms with Gasteiger partial charge in [-0.15, -0.1) is 0 Å². The highest BCUT2D eigenvalue weighted by Crippen LogP contribution is 2.21. The lowest BCUT2D eigenvalue weighted by Crippen LogP contribution is -2.23. The van der Waals surface area contributed by atoms with Crippen LogP contribution in [0.2, 0.25) is 0 Å². The Labute approximate surface area is 100 Å². The van der Waals surface area contributed by atoms with Crippen molar-refractivity contribution in [1.82, 2.24) is 9.55 Å². The van der Waals surface area contributed by atoms with Crippen LogP contribution >= 0.6 is 0 Å². The van der Waals surface area contributed by atoms with E-state index in [0.717, 1.165) is 11.0 Å². The lowest BCUT2D eigenvalue weighted by molar-refractivity contribution is 0.00716. The third-order valence-electron chi connectivity index (χ3n) is 2.35. The molecule has 2 rings (SSSR count). The quantitative estimate of drug-likeness (QED) is 0.710. The van der Waals surface area contributed by atoms with Crippen molar-refractivity contribution in [2.45, 2.75) is 26.4 Å². The molecule has 0 atom stereocenters. The summed E-state index contributed by atoms with van der Waals surface area (Å²) in [5, 5.41) is 0.823. The van der Waals surface area contributed by atoms with Crippen LogP contribution in [0, 0.1) is 0 Å². The SMILES string of the molecule is Cn1cc(C(=O)OC(C)(C)C)c2cccnc21. The molecule has 2 aromatic rings. The molecule has 0 saturated carbocycles. The van der Waals surface area contributed by atoms with E-state index in [9.17, 15) is 4.79 Å². The number of carbonyl (C=O) groups is 1. The van der Waals surface area contributed by atoms with Crippen LogP contribution in [0.3, 0.4) is 0 Å². The molecule has 0 radical (unpaired) electrons. The van der Waals surface area contributed by atoms with E-state index in [1.165, 1.54) is 0 Å². The molecule has 0 saturated heterocycles. The van der Waals surface area contributed by atoms with Gasteiger partial charge in [0.05, 0.1) is 5.56 Å². The zero-order chi connectivity index (χ0) is 12.6. The van der Waals surface area contributed by atoms with Crippen LogP contribution in [-0.4, -0.2) is 21.1 Å². The number of rotatable bonds is 1. The van der Waals surface area contributed by atoms with Crippen molar-refractivity contribution in [3.63, 3.8) is 0 Å². The Hall–Kier alpha value is -1.84. The Kier molecular flexibility index (Phi) is 2.65. The van der Waals surface area contributed by atoms with E-state index in [1.807, 2.05) is 44.5 Å². The topological polar surface area (TPSA) is 44.1 Å². The second kappa shape index (κ2) is 3.87. The Morgan fingerprint density at radius 2 is 2.12 bits per heavy atom. The summed E-state index contributed by atoms with van der Waals surface area (Å²) < 4.78 is 7.19. The monoisotopic (exact) mass is 232 g/mol. The number of pyridine rings is 1. The van der Waals surface area contributed by atoms with Crippen molar-refractivity contribution < 1.29 is 9.53 Å². The van der Waals surface area contributed by atoms with E-state index in [0.29, 0.717) is 5.56 Å². The second-order valence-electron chi connectivity index (χ2n) is 5.03. The maximum atomic E-state index is 12.0. The second-order valence-corrected chi connectivity index (χ2v) is 5.03. The summed E-state index contributed by atoms with van der Waals surface area (Å²) in [5.74, 6) is -0.309. The number of hydrogen-bond acceptors (Lipinski definition) is 3. The summed E-state index contributed by atoms with van der Waals surface area (Å²) >= 11 is 0. The smallest absolute Gasteiger partial charge is 0.340 e. The van der Waals surface area contributed by atoms with E-state index < -0.39 is 5.60 Å². The van der Waals surface area contributed by atoms with Crippen LogP contribution in [0.4, 0.5) is 0 Å². The van der Waals surface area contributed by atoms with Gasteiger partial charge in [0, 0.05) is 24.8 Å². The van der Waals surface area contributed by atoms with Crippen molar-refractivity contribution >= 4 is 17.0 Å². The van der Waals surface area contributed by atoms with E-state index in [4.69, 9.17) is 4.74 Å². The summed E-state index contributed by atoms with van der Waals surface area (Å²) in [6.07, 6.45) is 3.47. The first-order chi connectivity index (χ1) is 7.88. The Balaban J connectivity index is 2.46. The maximum Gasteiger partial charge on any atom is 0.340 e. The summed E-state index contributed by atoms with van der Waals surface area (Å²) in [7, 11) is 1.86. The van der Waals surface area contributed by atoms with Gasteiger partial charge in [0.15, 0.2) is 0 Å². The molecule has 0 fully saturated rings. The van der Waals surface area contributed by atoms with E-state index in [-0.39, 0.29) is 5.97 Å². The van der Waals surface area contributed by atoms with Crippen LogP contribution < -0.4 is 0 Å². The van der Waals surface area contributed by atoms with Crippen molar-refractivity contribution in [2.24, 2.45) is 7.05 Å². The third kappa shape index (κ3) is 2.30. The first-order valence-electron chi connectivity index (χ1n) is 5.52. The first kappa shape index (κ1) is 11.6. The molecule has 17 heavy (non-hydrogen) atoms. The lowest BCUT2D eigenvalue weighted by Gasteiger charge is -2.19. The van der Waals surface area contributed by atoms with Crippen LogP contribution in [0.1, 0.15) is 31.1 Å². The summed E-state index contributed by atoms with van der Waals surface area (Å²) in [6.45, 7) is 5.57. The van der Waals surface area contributed by atoms with Crippen LogP contribution in [0.25, 0.3) is 11.0 Å². The van der Waals surface area contributed by atoms with Crippen LogP contribution in [0.15, 0.2) is 24.5 Å². The fourth-order valence-corrected chi connectivity index (χ4v) is 1.71. The molecule has 2 heterocycles. The number of ether oxygens (including phenoxy) is 1. The van der Waals surface area contributed by atoms with Crippen molar-refractivity contribution in [1.29, 1.82) is 0 Å². The van der Waals surface area contributed by atoms with Crippen LogP contribution in [0.5, 0.6) is 0 Å². The minimum atomic E-state index is -0.485. The summed E-state index contributed by atoms with van der Waals surface area (Å²) in [5.41, 5.74) is 0.862. The predicted octanol–water partition coefficient (Wildman–Crippen LogP) is 2.53. The van der Waals surface area contributed by atoms with Gasteiger partial charge in [-0.3, -0.25) is 0 Å². The number of hydrogen-bond donors (Lipinski definition) is 0. The average Bonchev–Trinajstić information content (AvgIpc) is 2.55. The van der Waals surface area contributed by atoms with Gasteiger partial charge in [0.1, 0.15) is 11.2 Å². The summed E-state index contributed by atoms with van der Waals surface area (Å²) in [4.78, 5) is 16.3. The largest absolute Gasteiger partial charge is 0.456 e. The molecular weight excluding hydrogens is 216 g/mol. The van der Waals surface area contributed by atoms with E-state index in [1.54, 1.807) is 12.4 Å². The lowest BCUT2D eigenvalue weighted by atomic mass is 10.2. The molecule has 0 amide bonds. The predicted molar refractivity (Wildman–Crippen MR) is 65.9 cm³/mol. The van der Waals surface area contributed by atoms with Crippen molar-refractivity contribution in [3.8, 4) is 0 Å². The van der Waals surface area contributed by atoms with Gasteiger partial charge in [0.25, 0.3) is 0 Å². The molecule has 0 bridgehead atoms. The third-order valence-corrected chi connectivity index (χ3v) is 2.35. The Bertz CT molecular complexity index is 564. The van der Waals surface area contributed by atoms with Crippen LogP contribution in [-0.2, 0) is 11.8 Å². The first-order valence-corrected chi connectivity index (χ1v) is 5.52. The molecule has 0 aromatic carbocycles. The van der Waals surface area contributed by atoms with E-state index >= 15 is 0 Å². The molecule has 0 N–H and O–H groups in total. The van der Waals surface area contributed by atoms with Crippen molar-refractivity contribution in [3.05, 3.63) is 30.1 Å². The molecule has 90 valence electrons.